The Morgan fingerprint density at radius 3 is 2.76 bits per heavy atom. The van der Waals surface area contributed by atoms with Crippen LogP contribution in [0, 0.1) is 6.92 Å². The highest BCUT2D eigenvalue weighted by atomic mass is 16.2. The van der Waals surface area contributed by atoms with Crippen molar-refractivity contribution < 1.29 is 9.59 Å². The molecule has 0 unspecified atom stereocenters. The fourth-order valence-corrected chi connectivity index (χ4v) is 2.71. The minimum absolute atomic E-state index is 0.00793. The summed E-state index contributed by atoms with van der Waals surface area (Å²) in [6, 6.07) is 15.1. The van der Waals surface area contributed by atoms with Crippen LogP contribution >= 0.6 is 0 Å². The van der Waals surface area contributed by atoms with Gasteiger partial charge < -0.3 is 4.90 Å². The van der Waals surface area contributed by atoms with Gasteiger partial charge in [-0.25, -0.2) is 0 Å². The average molecular weight is 279 g/mol. The molecule has 0 fully saturated rings. The van der Waals surface area contributed by atoms with Crippen molar-refractivity contribution in [1.82, 2.24) is 4.90 Å². The predicted molar refractivity (Wildman–Crippen MR) is 81.6 cm³/mol. The fourth-order valence-electron chi connectivity index (χ4n) is 2.71. The molecule has 3 nitrogen and oxygen atoms in total. The van der Waals surface area contributed by atoms with E-state index in [-0.39, 0.29) is 18.2 Å². The second kappa shape index (κ2) is 5.52. The van der Waals surface area contributed by atoms with Crippen LogP contribution in [0.4, 0.5) is 0 Å². The van der Waals surface area contributed by atoms with Crippen LogP contribution in [0.25, 0.3) is 0 Å². The molecule has 1 amide bonds. The molecule has 21 heavy (non-hydrogen) atoms. The Morgan fingerprint density at radius 1 is 1.14 bits per heavy atom. The van der Waals surface area contributed by atoms with Gasteiger partial charge >= 0.3 is 0 Å². The number of ketones is 1. The normalized spacial score (nSPS) is 14.0. The molecule has 2 aromatic rings. The first-order valence-electron chi connectivity index (χ1n) is 7.12. The summed E-state index contributed by atoms with van der Waals surface area (Å²) in [7, 11) is 0. The van der Waals surface area contributed by atoms with Gasteiger partial charge in [0.1, 0.15) is 0 Å². The molecule has 1 aliphatic rings. The van der Waals surface area contributed by atoms with Gasteiger partial charge in [-0.3, -0.25) is 9.59 Å². The van der Waals surface area contributed by atoms with E-state index in [2.05, 4.69) is 0 Å². The summed E-state index contributed by atoms with van der Waals surface area (Å²) in [5, 5.41) is 0. The Balaban J connectivity index is 1.78. The Hall–Kier alpha value is -2.42. The van der Waals surface area contributed by atoms with E-state index in [4.69, 9.17) is 0 Å². The quantitative estimate of drug-likeness (QED) is 0.810. The molecule has 0 bridgehead atoms. The molecule has 3 heteroatoms. The van der Waals surface area contributed by atoms with Crippen molar-refractivity contribution in [3.8, 4) is 0 Å². The van der Waals surface area contributed by atoms with E-state index in [1.807, 2.05) is 49.4 Å². The Bertz CT molecular complexity index is 706. The van der Waals surface area contributed by atoms with Crippen LogP contribution in [0.5, 0.6) is 0 Å². The lowest BCUT2D eigenvalue weighted by molar-refractivity contribution is 0.0696. The second-order valence-corrected chi connectivity index (χ2v) is 5.43. The van der Waals surface area contributed by atoms with Gasteiger partial charge in [-0.05, 0) is 31.0 Å². The number of nitrogens with zero attached hydrogens (tertiary/aromatic N) is 1. The van der Waals surface area contributed by atoms with E-state index >= 15 is 0 Å². The largest absolute Gasteiger partial charge is 0.331 e. The molecular weight excluding hydrogens is 262 g/mol. The molecule has 0 saturated carbocycles. The van der Waals surface area contributed by atoms with E-state index in [0.717, 1.165) is 23.1 Å². The lowest BCUT2D eigenvalue weighted by Gasteiger charge is -2.28. The predicted octanol–water partition coefficient (Wildman–Crippen LogP) is 2.88. The van der Waals surface area contributed by atoms with Gasteiger partial charge in [-0.15, -0.1) is 0 Å². The van der Waals surface area contributed by atoms with Crippen molar-refractivity contribution in [3.05, 3.63) is 70.8 Å². The molecule has 0 atom stereocenters. The van der Waals surface area contributed by atoms with E-state index in [9.17, 15) is 9.59 Å². The number of benzene rings is 2. The number of carbonyl (C=O) groups is 2. The minimum atomic E-state index is -0.0437. The zero-order valence-electron chi connectivity index (χ0n) is 12.0. The highest BCUT2D eigenvalue weighted by molar-refractivity contribution is 6.03. The minimum Gasteiger partial charge on any atom is -0.331 e. The third-order valence-corrected chi connectivity index (χ3v) is 3.86. The molecule has 0 radical (unpaired) electrons. The Labute approximate surface area is 124 Å². The molecule has 2 aromatic carbocycles. The molecule has 0 aliphatic carbocycles. The van der Waals surface area contributed by atoms with Gasteiger partial charge in [-0.1, -0.05) is 42.0 Å². The first kappa shape index (κ1) is 13.6. The molecular formula is C18H17NO2. The third kappa shape index (κ3) is 2.72. The maximum atomic E-state index is 12.4. The van der Waals surface area contributed by atoms with E-state index in [1.165, 1.54) is 0 Å². The zero-order valence-corrected chi connectivity index (χ0v) is 12.0. The monoisotopic (exact) mass is 279 g/mol. The van der Waals surface area contributed by atoms with Crippen LogP contribution < -0.4 is 0 Å². The molecule has 1 heterocycles. The summed E-state index contributed by atoms with van der Waals surface area (Å²) in [5.41, 5.74) is 3.51. The molecule has 0 N–H and O–H groups in total. The number of Topliss-reactive ketones (excluding diaryl/α,β-unsaturated/α-hetero) is 1. The fraction of sp³-hybridized carbons (Fsp3) is 0.222. The van der Waals surface area contributed by atoms with Crippen LogP contribution in [-0.4, -0.2) is 29.7 Å². The zero-order chi connectivity index (χ0) is 14.8. The maximum Gasteiger partial charge on any atom is 0.254 e. The number of hydrogen-bond donors (Lipinski definition) is 0. The molecule has 0 spiro atoms. The number of fused-ring (bicyclic) bond motifs is 1. The first-order valence-corrected chi connectivity index (χ1v) is 7.12. The van der Waals surface area contributed by atoms with Gasteiger partial charge in [-0.2, -0.15) is 0 Å². The van der Waals surface area contributed by atoms with Crippen molar-refractivity contribution >= 4 is 11.7 Å². The van der Waals surface area contributed by atoms with Gasteiger partial charge in [0, 0.05) is 17.7 Å². The van der Waals surface area contributed by atoms with Gasteiger partial charge in [0.2, 0.25) is 0 Å². The lowest BCUT2D eigenvalue weighted by atomic mass is 9.98. The SMILES string of the molecule is Cc1cccc(C(=O)CN2CCc3ccccc3C2=O)c1. The molecule has 0 aromatic heterocycles. The molecule has 106 valence electrons. The number of aryl methyl sites for hydroxylation is 1. The van der Waals surface area contributed by atoms with Gasteiger partial charge in [0.05, 0.1) is 6.54 Å². The molecule has 0 saturated heterocycles. The van der Waals surface area contributed by atoms with Crippen LogP contribution in [0.1, 0.15) is 31.8 Å². The average Bonchev–Trinajstić information content (AvgIpc) is 2.50. The van der Waals surface area contributed by atoms with E-state index in [0.29, 0.717) is 12.1 Å². The molecule has 3 rings (SSSR count). The Morgan fingerprint density at radius 2 is 1.95 bits per heavy atom. The van der Waals surface area contributed by atoms with Crippen LogP contribution in [0.15, 0.2) is 48.5 Å². The van der Waals surface area contributed by atoms with Crippen molar-refractivity contribution in [2.75, 3.05) is 13.1 Å². The number of carbonyl (C=O) groups excluding carboxylic acids is 2. The number of amides is 1. The molecule has 1 aliphatic heterocycles. The number of rotatable bonds is 3. The van der Waals surface area contributed by atoms with E-state index < -0.39 is 0 Å². The van der Waals surface area contributed by atoms with Crippen LogP contribution in [0.2, 0.25) is 0 Å². The summed E-state index contributed by atoms with van der Waals surface area (Å²) in [5.74, 6) is -0.0516. The number of hydrogen-bond acceptors (Lipinski definition) is 2. The highest BCUT2D eigenvalue weighted by Crippen LogP contribution is 2.19. The standard InChI is InChI=1S/C18H17NO2/c1-13-5-4-7-15(11-13)17(20)12-19-10-9-14-6-2-3-8-16(14)18(19)21/h2-8,11H,9-10,12H2,1H3. The van der Waals surface area contributed by atoms with Gasteiger partial charge in [0.25, 0.3) is 5.91 Å². The first-order chi connectivity index (χ1) is 10.1. The summed E-state index contributed by atoms with van der Waals surface area (Å²) in [6.45, 7) is 2.71. The Kier molecular flexibility index (Phi) is 3.57. The second-order valence-electron chi connectivity index (χ2n) is 5.43. The maximum absolute atomic E-state index is 12.4. The van der Waals surface area contributed by atoms with Crippen LogP contribution in [-0.2, 0) is 6.42 Å². The van der Waals surface area contributed by atoms with Gasteiger partial charge in [0.15, 0.2) is 5.78 Å². The van der Waals surface area contributed by atoms with E-state index in [1.54, 1.807) is 11.0 Å². The third-order valence-electron chi connectivity index (χ3n) is 3.86. The summed E-state index contributed by atoms with van der Waals surface area (Å²) in [4.78, 5) is 26.4. The highest BCUT2D eigenvalue weighted by Gasteiger charge is 2.25. The smallest absolute Gasteiger partial charge is 0.254 e. The van der Waals surface area contributed by atoms with Crippen LogP contribution in [0.3, 0.4) is 0 Å². The lowest BCUT2D eigenvalue weighted by Crippen LogP contribution is -2.40. The summed E-state index contributed by atoms with van der Waals surface area (Å²) < 4.78 is 0. The van der Waals surface area contributed by atoms with Crippen molar-refractivity contribution in [2.24, 2.45) is 0 Å². The summed E-state index contributed by atoms with van der Waals surface area (Å²) in [6.07, 6.45) is 0.809. The topological polar surface area (TPSA) is 37.4 Å². The van der Waals surface area contributed by atoms with Crippen molar-refractivity contribution in [1.29, 1.82) is 0 Å². The van der Waals surface area contributed by atoms with Crippen molar-refractivity contribution in [2.45, 2.75) is 13.3 Å². The summed E-state index contributed by atoms with van der Waals surface area (Å²) >= 11 is 0. The van der Waals surface area contributed by atoms with Crippen molar-refractivity contribution in [3.63, 3.8) is 0 Å².